The molecule has 2 rings (SSSR count). The van der Waals surface area contributed by atoms with E-state index in [1.54, 1.807) is 0 Å². The minimum atomic E-state index is -0.744. The van der Waals surface area contributed by atoms with Gasteiger partial charge in [0.15, 0.2) is 0 Å². The van der Waals surface area contributed by atoms with Gasteiger partial charge in [0.25, 0.3) is 0 Å². The summed E-state index contributed by atoms with van der Waals surface area (Å²) in [7, 11) is 0. The van der Waals surface area contributed by atoms with Gasteiger partial charge in [0.2, 0.25) is 0 Å². The average molecular weight is 330 g/mol. The molecule has 0 saturated heterocycles. The number of hydrogen-bond donors (Lipinski definition) is 3. The topological polar surface area (TPSA) is 78.4 Å². The highest BCUT2D eigenvalue weighted by atomic mass is 16.3. The Morgan fingerprint density at radius 1 is 0.833 bits per heavy atom. The lowest BCUT2D eigenvalue weighted by atomic mass is 10.2. The van der Waals surface area contributed by atoms with Crippen molar-refractivity contribution < 1.29 is 14.7 Å². The maximum Gasteiger partial charge on any atom is 0.313 e. The van der Waals surface area contributed by atoms with Gasteiger partial charge in [-0.3, -0.25) is 9.59 Å². The highest BCUT2D eigenvalue weighted by Gasteiger charge is 2.13. The normalized spacial score (nSPS) is 8.67. The number of carbonyl (C=O) groups is 2. The van der Waals surface area contributed by atoms with Crippen molar-refractivity contribution in [2.75, 3.05) is 5.32 Å². The van der Waals surface area contributed by atoms with E-state index in [1.807, 2.05) is 58.0 Å². The second-order valence-corrected chi connectivity index (χ2v) is 4.17. The second-order valence-electron chi connectivity index (χ2n) is 4.17. The summed E-state index contributed by atoms with van der Waals surface area (Å²) in [6.07, 6.45) is 0. The average Bonchev–Trinajstić information content (AvgIpc) is 2.65. The molecule has 5 nitrogen and oxygen atoms in total. The molecule has 24 heavy (non-hydrogen) atoms. The van der Waals surface area contributed by atoms with E-state index in [2.05, 4.69) is 10.6 Å². The predicted octanol–water partition coefficient (Wildman–Crippen LogP) is 3.70. The smallest absolute Gasteiger partial charge is 0.313 e. The Kier molecular flexibility index (Phi) is 11.2. The number of anilines is 1. The van der Waals surface area contributed by atoms with Gasteiger partial charge in [0.05, 0.1) is 0 Å². The van der Waals surface area contributed by atoms with Crippen LogP contribution in [0.4, 0.5) is 5.69 Å². The van der Waals surface area contributed by atoms with Crippen molar-refractivity contribution in [1.29, 1.82) is 0 Å². The summed E-state index contributed by atoms with van der Waals surface area (Å²) in [5.74, 6) is -1.36. The molecule has 0 fully saturated rings. The zero-order chi connectivity index (χ0) is 18.4. The van der Waals surface area contributed by atoms with E-state index in [0.717, 1.165) is 5.56 Å². The molecule has 0 aromatic heterocycles. The van der Waals surface area contributed by atoms with Crippen molar-refractivity contribution in [2.45, 2.75) is 34.2 Å². The molecule has 0 bridgehead atoms. The molecule has 0 unspecified atom stereocenters. The van der Waals surface area contributed by atoms with Crippen LogP contribution in [0.3, 0.4) is 0 Å². The van der Waals surface area contributed by atoms with E-state index in [4.69, 9.17) is 5.11 Å². The molecule has 0 saturated carbocycles. The fraction of sp³-hybridized carbons (Fsp3) is 0.263. The molecule has 0 aliphatic rings. The number of carbonyl (C=O) groups excluding carboxylic acids is 2. The zero-order valence-electron chi connectivity index (χ0n) is 14.7. The second kappa shape index (κ2) is 12.7. The molecule has 0 aliphatic carbocycles. The van der Waals surface area contributed by atoms with Crippen LogP contribution in [0.2, 0.25) is 0 Å². The number of rotatable bonds is 3. The lowest BCUT2D eigenvalue weighted by molar-refractivity contribution is -0.136. The number of benzene rings is 2. The molecule has 5 heteroatoms. The molecule has 0 spiro atoms. The van der Waals surface area contributed by atoms with Crippen molar-refractivity contribution >= 4 is 17.5 Å². The summed E-state index contributed by atoms with van der Waals surface area (Å²) >= 11 is 0. The number of amides is 2. The van der Waals surface area contributed by atoms with Crippen molar-refractivity contribution in [3.8, 4) is 5.75 Å². The van der Waals surface area contributed by atoms with Crippen molar-refractivity contribution in [3.05, 3.63) is 60.2 Å². The first-order chi connectivity index (χ1) is 11.6. The van der Waals surface area contributed by atoms with Crippen molar-refractivity contribution in [2.24, 2.45) is 0 Å². The number of phenolic OH excluding ortho intramolecular Hbond substituents is 1. The van der Waals surface area contributed by atoms with Gasteiger partial charge in [-0.05, 0) is 29.8 Å². The highest BCUT2D eigenvalue weighted by molar-refractivity contribution is 6.39. The molecular weight excluding hydrogens is 304 g/mol. The van der Waals surface area contributed by atoms with Crippen LogP contribution in [0.1, 0.15) is 33.3 Å². The maximum absolute atomic E-state index is 11.6. The SMILES string of the molecule is CC.CC.O=C(NCc1ccccc1)C(=O)Nc1ccc(O)cc1. The summed E-state index contributed by atoms with van der Waals surface area (Å²) in [5, 5.41) is 14.1. The van der Waals surface area contributed by atoms with Crippen LogP contribution >= 0.6 is 0 Å². The van der Waals surface area contributed by atoms with Gasteiger partial charge in [-0.2, -0.15) is 0 Å². The summed E-state index contributed by atoms with van der Waals surface area (Å²) < 4.78 is 0. The molecular formula is C19H26N2O3. The maximum atomic E-state index is 11.6. The fourth-order valence-corrected chi connectivity index (χ4v) is 1.59. The first kappa shape index (κ1) is 21.2. The van der Waals surface area contributed by atoms with Crippen LogP contribution in [-0.4, -0.2) is 16.9 Å². The molecule has 0 atom stereocenters. The Morgan fingerprint density at radius 2 is 1.38 bits per heavy atom. The number of hydrogen-bond acceptors (Lipinski definition) is 3. The lowest BCUT2D eigenvalue weighted by Gasteiger charge is -2.06. The largest absolute Gasteiger partial charge is 0.508 e. The van der Waals surface area contributed by atoms with Crippen LogP contribution in [-0.2, 0) is 16.1 Å². The van der Waals surface area contributed by atoms with Crippen molar-refractivity contribution in [3.63, 3.8) is 0 Å². The van der Waals surface area contributed by atoms with Crippen LogP contribution in [0, 0.1) is 0 Å². The Bertz CT molecular complexity index is 596. The van der Waals surface area contributed by atoms with Crippen LogP contribution < -0.4 is 10.6 Å². The minimum absolute atomic E-state index is 0.0940. The van der Waals surface area contributed by atoms with Crippen molar-refractivity contribution in [1.82, 2.24) is 5.32 Å². The van der Waals surface area contributed by atoms with Gasteiger partial charge in [0.1, 0.15) is 5.75 Å². The first-order valence-corrected chi connectivity index (χ1v) is 8.07. The first-order valence-electron chi connectivity index (χ1n) is 8.07. The van der Waals surface area contributed by atoms with E-state index in [0.29, 0.717) is 12.2 Å². The molecule has 2 aromatic rings. The molecule has 3 N–H and O–H groups in total. The predicted molar refractivity (Wildman–Crippen MR) is 97.7 cm³/mol. The standard InChI is InChI=1S/C15H14N2O3.2C2H6/c18-13-8-6-12(7-9-13)17-15(20)14(19)16-10-11-4-2-1-3-5-11;2*1-2/h1-9,18H,10H2,(H,16,19)(H,17,20);2*1-2H3. The van der Waals surface area contributed by atoms with E-state index in [-0.39, 0.29) is 5.75 Å². The quantitative estimate of drug-likeness (QED) is 0.593. The van der Waals surface area contributed by atoms with Gasteiger partial charge in [0, 0.05) is 12.2 Å². The number of nitrogens with one attached hydrogen (secondary N) is 2. The molecule has 2 aromatic carbocycles. The van der Waals surface area contributed by atoms with Crippen LogP contribution in [0.25, 0.3) is 0 Å². The Labute approximate surface area is 143 Å². The van der Waals surface area contributed by atoms with Gasteiger partial charge >= 0.3 is 11.8 Å². The fourth-order valence-electron chi connectivity index (χ4n) is 1.59. The third kappa shape index (κ3) is 7.98. The summed E-state index contributed by atoms with van der Waals surface area (Å²) in [6, 6.07) is 15.2. The van der Waals surface area contributed by atoms with Crippen LogP contribution in [0.15, 0.2) is 54.6 Å². The Morgan fingerprint density at radius 3 is 1.92 bits per heavy atom. The van der Waals surface area contributed by atoms with Crippen LogP contribution in [0.5, 0.6) is 5.75 Å². The van der Waals surface area contributed by atoms with E-state index in [9.17, 15) is 9.59 Å². The van der Waals surface area contributed by atoms with E-state index >= 15 is 0 Å². The summed E-state index contributed by atoms with van der Waals surface area (Å²) in [5.41, 5.74) is 1.36. The lowest BCUT2D eigenvalue weighted by Crippen LogP contribution is -2.34. The zero-order valence-corrected chi connectivity index (χ0v) is 14.7. The third-order valence-electron chi connectivity index (χ3n) is 2.63. The summed E-state index contributed by atoms with van der Waals surface area (Å²) in [4.78, 5) is 23.2. The monoisotopic (exact) mass is 330 g/mol. The molecule has 2 amide bonds. The Balaban J connectivity index is 0.00000123. The van der Waals surface area contributed by atoms with Gasteiger partial charge in [-0.1, -0.05) is 58.0 Å². The molecule has 0 aliphatic heterocycles. The number of phenols is 1. The molecule has 0 heterocycles. The summed E-state index contributed by atoms with van der Waals surface area (Å²) in [6.45, 7) is 8.29. The van der Waals surface area contributed by atoms with Gasteiger partial charge in [-0.15, -0.1) is 0 Å². The molecule has 130 valence electrons. The highest BCUT2D eigenvalue weighted by Crippen LogP contribution is 2.13. The van der Waals surface area contributed by atoms with Gasteiger partial charge in [-0.25, -0.2) is 0 Å². The minimum Gasteiger partial charge on any atom is -0.508 e. The van der Waals surface area contributed by atoms with E-state index < -0.39 is 11.8 Å². The Hall–Kier alpha value is -2.82. The number of aromatic hydroxyl groups is 1. The molecule has 0 radical (unpaired) electrons. The third-order valence-corrected chi connectivity index (χ3v) is 2.63. The van der Waals surface area contributed by atoms with Gasteiger partial charge < -0.3 is 15.7 Å². The van der Waals surface area contributed by atoms with E-state index in [1.165, 1.54) is 24.3 Å².